The summed E-state index contributed by atoms with van der Waals surface area (Å²) >= 11 is 0. The van der Waals surface area contributed by atoms with Crippen LogP contribution in [0.15, 0.2) is 48.5 Å². The molecular weight excluding hydrogens is 432 g/mol. The maximum atomic E-state index is 13.5. The van der Waals surface area contributed by atoms with Gasteiger partial charge in [-0.3, -0.25) is 4.79 Å². The summed E-state index contributed by atoms with van der Waals surface area (Å²) in [6.45, 7) is 4.00. The minimum Gasteiger partial charge on any atom is -0.481 e. The fraction of sp³-hybridized carbons (Fsp3) is 0.292. The minimum atomic E-state index is -2.24. The summed E-state index contributed by atoms with van der Waals surface area (Å²) in [5, 5.41) is 19.3. The van der Waals surface area contributed by atoms with Crippen LogP contribution in [0.25, 0.3) is 16.6 Å². The Morgan fingerprint density at radius 1 is 1.19 bits per heavy atom. The number of benzene rings is 2. The molecule has 8 heteroatoms. The molecule has 1 aromatic heterocycles. The van der Waals surface area contributed by atoms with Crippen LogP contribution in [-0.2, 0) is 13.9 Å². The number of hydrogen-bond donors (Lipinski definition) is 2. The molecule has 0 radical (unpaired) electrons. The fourth-order valence-electron chi connectivity index (χ4n) is 3.55. The molecule has 2 N–H and O–H groups in total. The predicted molar refractivity (Wildman–Crippen MR) is 121 cm³/mol. The van der Waals surface area contributed by atoms with E-state index in [1.54, 1.807) is 12.1 Å². The van der Waals surface area contributed by atoms with E-state index in [1.807, 2.05) is 28.8 Å². The van der Waals surface area contributed by atoms with Crippen molar-refractivity contribution in [3.8, 4) is 17.5 Å². The lowest BCUT2D eigenvalue weighted by atomic mass is 9.99. The zero-order chi connectivity index (χ0) is 23.3. The monoisotopic (exact) mass is 456 g/mol. The Morgan fingerprint density at radius 2 is 1.88 bits per heavy atom. The maximum absolute atomic E-state index is 13.5. The summed E-state index contributed by atoms with van der Waals surface area (Å²) in [4.78, 5) is 10.6. The third-order valence-corrected chi connectivity index (χ3v) is 5.97. The van der Waals surface area contributed by atoms with Gasteiger partial charge in [-0.15, -0.1) is 4.52 Å². The van der Waals surface area contributed by atoms with Gasteiger partial charge in [-0.1, -0.05) is 38.0 Å². The third-order valence-electron chi connectivity index (χ3n) is 4.83. The summed E-state index contributed by atoms with van der Waals surface area (Å²) in [5.74, 6) is 4.65. The zero-order valence-electron chi connectivity index (χ0n) is 17.8. The first-order chi connectivity index (χ1) is 15.3. The fourth-order valence-corrected chi connectivity index (χ4v) is 4.33. The first-order valence-corrected chi connectivity index (χ1v) is 11.5. The van der Waals surface area contributed by atoms with E-state index in [1.165, 1.54) is 12.1 Å². The number of aliphatic carboxylic acids is 1. The number of aliphatic hydroxyl groups excluding tert-OH is 1. The zero-order valence-corrected chi connectivity index (χ0v) is 18.7. The van der Waals surface area contributed by atoms with Gasteiger partial charge in [0.2, 0.25) is 6.16 Å². The second-order valence-electron chi connectivity index (χ2n) is 7.59. The Bertz CT molecular complexity index is 1190. The summed E-state index contributed by atoms with van der Waals surface area (Å²) in [7, 11) is -2.24. The molecule has 0 saturated heterocycles. The molecule has 0 spiro atoms. The van der Waals surface area contributed by atoms with E-state index >= 15 is 0 Å². The molecule has 0 amide bonds. The van der Waals surface area contributed by atoms with E-state index in [0.717, 1.165) is 27.8 Å². The molecule has 0 aliphatic rings. The van der Waals surface area contributed by atoms with Crippen molar-refractivity contribution in [2.45, 2.75) is 32.3 Å². The summed E-state index contributed by atoms with van der Waals surface area (Å²) in [6.07, 6.45) is -2.00. The predicted octanol–water partition coefficient (Wildman–Crippen LogP) is 4.84. The van der Waals surface area contributed by atoms with Crippen molar-refractivity contribution in [1.29, 1.82) is 0 Å². The normalized spacial score (nSPS) is 12.5. The van der Waals surface area contributed by atoms with Crippen molar-refractivity contribution in [1.82, 2.24) is 4.57 Å². The molecule has 3 rings (SSSR count). The van der Waals surface area contributed by atoms with Crippen molar-refractivity contribution in [3.63, 3.8) is 0 Å². The molecule has 2 aromatic carbocycles. The Morgan fingerprint density at radius 3 is 2.53 bits per heavy atom. The van der Waals surface area contributed by atoms with Gasteiger partial charge in [0.25, 0.3) is 0 Å². The molecule has 2 atom stereocenters. The Balaban J connectivity index is 1.92. The van der Waals surface area contributed by atoms with Gasteiger partial charge in [-0.05, 0) is 52.3 Å². The number of halogens is 1. The van der Waals surface area contributed by atoms with Gasteiger partial charge in [0.05, 0.1) is 11.9 Å². The van der Waals surface area contributed by atoms with E-state index in [0.29, 0.717) is 0 Å². The second kappa shape index (κ2) is 10.5. The number of aromatic nitrogens is 1. The van der Waals surface area contributed by atoms with Gasteiger partial charge in [-0.25, -0.2) is 4.39 Å². The molecule has 166 valence electrons. The number of nitrogens with zero attached hydrogens (tertiary/aromatic N) is 1. The molecule has 1 heterocycles. The number of rotatable bonds is 8. The van der Waals surface area contributed by atoms with Crippen LogP contribution in [0, 0.1) is 17.7 Å². The van der Waals surface area contributed by atoms with E-state index in [4.69, 9.17) is 9.63 Å². The van der Waals surface area contributed by atoms with Crippen molar-refractivity contribution in [2.24, 2.45) is 0 Å². The first-order valence-electron chi connectivity index (χ1n) is 10.1. The number of hydrogen-bond acceptors (Lipinski definition) is 4. The van der Waals surface area contributed by atoms with Crippen LogP contribution in [0.3, 0.4) is 0 Å². The number of fused-ring (bicyclic) bond motifs is 1. The van der Waals surface area contributed by atoms with Crippen molar-refractivity contribution >= 4 is 24.9 Å². The molecular formula is C24H24FNO5P+. The van der Waals surface area contributed by atoms with E-state index < -0.39 is 26.5 Å². The van der Waals surface area contributed by atoms with Crippen molar-refractivity contribution in [2.75, 3.05) is 12.8 Å². The van der Waals surface area contributed by atoms with Crippen molar-refractivity contribution in [3.05, 3.63) is 65.6 Å². The number of carboxylic acid groups (broad SMARTS) is 1. The third kappa shape index (κ3) is 5.60. The van der Waals surface area contributed by atoms with Crippen LogP contribution in [0.5, 0.6) is 0 Å². The first kappa shape index (κ1) is 23.6. The lowest BCUT2D eigenvalue weighted by molar-refractivity contribution is -0.138. The van der Waals surface area contributed by atoms with E-state index in [-0.39, 0.29) is 24.5 Å². The van der Waals surface area contributed by atoms with Gasteiger partial charge < -0.3 is 14.8 Å². The van der Waals surface area contributed by atoms with Gasteiger partial charge in [0.1, 0.15) is 17.6 Å². The number of carbonyl (C=O) groups is 1. The highest BCUT2D eigenvalue weighted by molar-refractivity contribution is 7.39. The maximum Gasteiger partial charge on any atom is 0.511 e. The summed E-state index contributed by atoms with van der Waals surface area (Å²) in [6, 6.07) is 14.1. The Hall–Kier alpha value is -3.04. The quantitative estimate of drug-likeness (QED) is 0.374. The van der Waals surface area contributed by atoms with Crippen LogP contribution >= 0.6 is 8.03 Å². The number of carboxylic acids is 1. The molecule has 2 unspecified atom stereocenters. The van der Waals surface area contributed by atoms with Gasteiger partial charge in [0.15, 0.2) is 6.61 Å². The molecule has 3 aromatic rings. The SMILES string of the molecule is CC(C)c1c(C#CCO[P+](=O)CC(O)CC(=O)O)n(-c2ccc(F)cc2)c2ccccc12. The molecule has 0 aliphatic heterocycles. The van der Waals surface area contributed by atoms with Crippen LogP contribution in [0.2, 0.25) is 0 Å². The highest BCUT2D eigenvalue weighted by atomic mass is 31.1. The van der Waals surface area contributed by atoms with Gasteiger partial charge in [0, 0.05) is 11.1 Å². The molecule has 0 bridgehead atoms. The molecule has 0 fully saturated rings. The Labute approximate surface area is 186 Å². The lowest BCUT2D eigenvalue weighted by Gasteiger charge is -2.09. The van der Waals surface area contributed by atoms with Crippen LogP contribution < -0.4 is 0 Å². The van der Waals surface area contributed by atoms with Crippen molar-refractivity contribution < 1.29 is 28.5 Å². The highest BCUT2D eigenvalue weighted by Crippen LogP contribution is 2.34. The standard InChI is InChI=1S/C24H23FNO5P/c1-16(2)24-20-6-3-4-7-21(20)26(18-11-9-17(25)10-12-18)22(24)8-5-13-31-32(30)15-19(27)14-23(28)29/h3-4,6-7,9-12,16,19,27H,13-15H2,1-2H3/p+1. The van der Waals surface area contributed by atoms with E-state index in [2.05, 4.69) is 25.7 Å². The van der Waals surface area contributed by atoms with Gasteiger partial charge in [-0.2, -0.15) is 0 Å². The average molecular weight is 456 g/mol. The number of aliphatic hydroxyl groups is 1. The van der Waals surface area contributed by atoms with Gasteiger partial charge >= 0.3 is 14.0 Å². The summed E-state index contributed by atoms with van der Waals surface area (Å²) < 4.78 is 32.6. The minimum absolute atomic E-state index is 0.141. The van der Waals surface area contributed by atoms with Crippen LogP contribution in [0.4, 0.5) is 4.39 Å². The summed E-state index contributed by atoms with van der Waals surface area (Å²) in [5.41, 5.74) is 3.48. The molecule has 0 saturated carbocycles. The lowest BCUT2D eigenvalue weighted by Crippen LogP contribution is -2.15. The largest absolute Gasteiger partial charge is 0.511 e. The van der Waals surface area contributed by atoms with Crippen LogP contribution in [-0.4, -0.2) is 39.6 Å². The smallest absolute Gasteiger partial charge is 0.481 e. The number of para-hydroxylation sites is 1. The highest BCUT2D eigenvalue weighted by Gasteiger charge is 2.25. The van der Waals surface area contributed by atoms with Crippen LogP contribution in [0.1, 0.15) is 37.4 Å². The van der Waals surface area contributed by atoms with E-state index in [9.17, 15) is 18.9 Å². The topological polar surface area (TPSA) is 88.8 Å². The molecule has 6 nitrogen and oxygen atoms in total. The average Bonchev–Trinajstić information content (AvgIpc) is 3.05. The molecule has 0 aliphatic carbocycles. The second-order valence-corrected chi connectivity index (χ2v) is 8.88. The molecule has 32 heavy (non-hydrogen) atoms. The Kier molecular flexibility index (Phi) is 7.76.